The van der Waals surface area contributed by atoms with Crippen LogP contribution in [0.15, 0.2) is 12.7 Å². The van der Waals surface area contributed by atoms with Gasteiger partial charge in [-0.15, -0.1) is 0 Å². The van der Waals surface area contributed by atoms with Gasteiger partial charge >= 0.3 is 23.5 Å². The van der Waals surface area contributed by atoms with E-state index in [2.05, 4.69) is 32.6 Å². The number of nitrogen functional groups attached to an aromatic ring is 1. The van der Waals surface area contributed by atoms with Crippen molar-refractivity contribution in [3.05, 3.63) is 22.8 Å². The lowest BCUT2D eigenvalue weighted by Crippen LogP contribution is -2.33. The number of nitrogens with zero attached hydrogens (tertiary/aromatic N) is 5. The molecule has 0 spiro atoms. The second-order valence-electron chi connectivity index (χ2n) is 7.94. The summed E-state index contributed by atoms with van der Waals surface area (Å²) in [5.74, 6) is 0.0335. The van der Waals surface area contributed by atoms with Gasteiger partial charge in [-0.25, -0.2) is 28.6 Å². The van der Waals surface area contributed by atoms with Gasteiger partial charge in [0.15, 0.2) is 17.7 Å². The van der Waals surface area contributed by atoms with Crippen molar-refractivity contribution in [2.75, 3.05) is 25.5 Å². The van der Waals surface area contributed by atoms with Gasteiger partial charge in [-0.2, -0.15) is 8.62 Å². The average Bonchev–Trinajstić information content (AvgIpc) is 3.35. The molecule has 1 fully saturated rings. The van der Waals surface area contributed by atoms with Crippen LogP contribution in [0.4, 0.5) is 5.82 Å². The molecule has 3 rings (SSSR count). The molecule has 7 N–H and O–H groups in total. The van der Waals surface area contributed by atoms with E-state index in [1.165, 1.54) is 10.9 Å². The van der Waals surface area contributed by atoms with Crippen molar-refractivity contribution >= 4 is 40.4 Å². The predicted octanol–water partition coefficient (Wildman–Crippen LogP) is -0.158. The molecular weight excluding hydrogens is 597 g/mol. The maximum Gasteiger partial charge on any atom is 0.490 e. The number of ether oxygens (including phenoxy) is 1. The van der Waals surface area contributed by atoms with Crippen LogP contribution in [-0.2, 0) is 36.1 Å². The number of unbranched alkanes of at least 4 members (excludes halogenated alkanes) is 2. The smallest absolute Gasteiger partial charge is 0.387 e. The zero-order chi connectivity index (χ0) is 29.0. The third-order valence-electron chi connectivity index (χ3n) is 5.05. The molecule has 2 aromatic rings. The highest BCUT2D eigenvalue weighted by molar-refractivity contribution is 7.66. The van der Waals surface area contributed by atoms with Crippen molar-refractivity contribution in [3.8, 4) is 0 Å². The summed E-state index contributed by atoms with van der Waals surface area (Å²) in [4.78, 5) is 50.4. The fourth-order valence-electron chi connectivity index (χ4n) is 3.34. The van der Waals surface area contributed by atoms with Gasteiger partial charge in [-0.3, -0.25) is 23.7 Å². The van der Waals surface area contributed by atoms with E-state index in [9.17, 15) is 48.7 Å². The van der Waals surface area contributed by atoms with Crippen molar-refractivity contribution < 1.29 is 65.9 Å². The van der Waals surface area contributed by atoms with Crippen molar-refractivity contribution in [2.24, 2.45) is 0 Å². The normalized spacial score (nSPS) is 26.2. The Bertz CT molecular complexity index is 1310. The van der Waals surface area contributed by atoms with E-state index in [1.54, 1.807) is 0 Å². The van der Waals surface area contributed by atoms with Gasteiger partial charge < -0.3 is 35.4 Å². The van der Waals surface area contributed by atoms with Crippen molar-refractivity contribution in [1.29, 1.82) is 0 Å². The van der Waals surface area contributed by atoms with Crippen LogP contribution in [-0.4, -0.2) is 87.4 Å². The number of aliphatic hydroxyl groups is 2. The highest BCUT2D eigenvalue weighted by Gasteiger charge is 2.47. The summed E-state index contributed by atoms with van der Waals surface area (Å²) in [6.07, 6.45) is -3.33. The second-order valence-corrected chi connectivity index (χ2v) is 12.6. The minimum atomic E-state index is -5.74. The molecule has 1 aliphatic heterocycles. The predicted molar refractivity (Wildman–Crippen MR) is 125 cm³/mol. The molecule has 7 atom stereocenters. The van der Waals surface area contributed by atoms with E-state index < -0.39 is 66.1 Å². The lowest BCUT2D eigenvalue weighted by atomic mass is 10.1. The lowest BCUT2D eigenvalue weighted by Gasteiger charge is -2.20. The molecule has 24 heteroatoms. The van der Waals surface area contributed by atoms with Crippen LogP contribution in [0.3, 0.4) is 0 Å². The first kappa shape index (κ1) is 31.6. The van der Waals surface area contributed by atoms with Crippen LogP contribution in [0, 0.1) is 10.1 Å². The van der Waals surface area contributed by atoms with Crippen LogP contribution in [0.5, 0.6) is 0 Å². The van der Waals surface area contributed by atoms with Gasteiger partial charge in [0.2, 0.25) is 6.54 Å². The molecule has 1 aliphatic rings. The minimum absolute atomic E-state index is 0.0335. The molecular formula is C15H25N6O15P3. The number of nitrogens with two attached hydrogens (primary N) is 1. The third kappa shape index (κ3) is 8.76. The minimum Gasteiger partial charge on any atom is -0.387 e. The molecule has 0 amide bonds. The topological polar surface area (TPSA) is 311 Å². The molecule has 21 nitrogen and oxygen atoms in total. The van der Waals surface area contributed by atoms with Gasteiger partial charge in [0.05, 0.1) is 19.5 Å². The molecule has 2 aromatic heterocycles. The maximum atomic E-state index is 12.2. The van der Waals surface area contributed by atoms with Crippen LogP contribution < -0.4 is 5.73 Å². The van der Waals surface area contributed by atoms with Gasteiger partial charge in [0, 0.05) is 11.3 Å². The summed E-state index contributed by atoms with van der Waals surface area (Å²) in [5.41, 5.74) is 6.02. The summed E-state index contributed by atoms with van der Waals surface area (Å²) in [5, 5.41) is 30.9. The van der Waals surface area contributed by atoms with Crippen LogP contribution in [0.2, 0.25) is 0 Å². The van der Waals surface area contributed by atoms with Gasteiger partial charge in [0.25, 0.3) is 0 Å². The van der Waals surface area contributed by atoms with E-state index in [0.717, 1.165) is 6.33 Å². The Kier molecular flexibility index (Phi) is 10.3. The number of phosphoric acid groups is 3. The van der Waals surface area contributed by atoms with Gasteiger partial charge in [-0.1, -0.05) is 0 Å². The third-order valence-corrected chi connectivity index (χ3v) is 9.34. The first-order chi connectivity index (χ1) is 18.1. The van der Waals surface area contributed by atoms with Crippen LogP contribution in [0.1, 0.15) is 25.5 Å². The summed E-state index contributed by atoms with van der Waals surface area (Å²) < 4.78 is 59.5. The number of aliphatic hydroxyl groups excluding tert-OH is 2. The second kappa shape index (κ2) is 12.7. The monoisotopic (exact) mass is 622 g/mol. The van der Waals surface area contributed by atoms with E-state index >= 15 is 0 Å². The van der Waals surface area contributed by atoms with E-state index in [4.69, 9.17) is 10.5 Å². The molecule has 39 heavy (non-hydrogen) atoms. The summed E-state index contributed by atoms with van der Waals surface area (Å²) in [7, 11) is -16.5. The molecule has 0 aromatic carbocycles. The SMILES string of the molecule is Nc1ncnc2c1ncn2[C@@H]1O[C@H](COP(=O)(O)OP(=O)(O)OP(=O)(O)OCCCCC[N+](=O)[O-])[C@@H](O)[C@H]1O. The Hall–Kier alpha value is -1.96. The highest BCUT2D eigenvalue weighted by Crippen LogP contribution is 2.67. The number of fused-ring (bicyclic) bond motifs is 1. The Morgan fingerprint density at radius 2 is 1.67 bits per heavy atom. The summed E-state index contributed by atoms with van der Waals surface area (Å²) >= 11 is 0. The van der Waals surface area contributed by atoms with Crippen LogP contribution >= 0.6 is 23.5 Å². The largest absolute Gasteiger partial charge is 0.490 e. The lowest BCUT2D eigenvalue weighted by molar-refractivity contribution is -0.480. The van der Waals surface area contributed by atoms with Gasteiger partial charge in [-0.05, 0) is 12.8 Å². The van der Waals surface area contributed by atoms with E-state index in [0.29, 0.717) is 0 Å². The van der Waals surface area contributed by atoms with Crippen molar-refractivity contribution in [1.82, 2.24) is 19.5 Å². The highest BCUT2D eigenvalue weighted by atomic mass is 31.3. The summed E-state index contributed by atoms with van der Waals surface area (Å²) in [6.45, 7) is -1.79. The number of phosphoric ester groups is 2. The molecule has 0 aliphatic carbocycles. The first-order valence-electron chi connectivity index (χ1n) is 10.9. The molecule has 3 heterocycles. The van der Waals surface area contributed by atoms with Crippen molar-refractivity contribution in [3.63, 3.8) is 0 Å². The molecule has 0 saturated carbocycles. The number of aromatic nitrogens is 4. The number of rotatable bonds is 15. The average molecular weight is 622 g/mol. The Morgan fingerprint density at radius 3 is 2.33 bits per heavy atom. The van der Waals surface area contributed by atoms with Crippen molar-refractivity contribution in [2.45, 2.75) is 43.8 Å². The molecule has 1 saturated heterocycles. The standard InChI is InChI=1S/C15H25N6O15P3/c16-13-10-14(18-7-17-13)20(8-19-10)15-12(23)11(22)9(34-15)6-33-38(28,29)36-39(30,31)35-37(26,27)32-5-3-1-2-4-21(24)25/h7-9,11-12,15,22-23H,1-6H2,(H,26,27)(H,28,29)(H,30,31)(H2,16,17,18)/t9-,11-,12-,15-/m1/s1. The van der Waals surface area contributed by atoms with Crippen LogP contribution in [0.25, 0.3) is 11.2 Å². The number of imidazole rings is 1. The van der Waals surface area contributed by atoms with E-state index in [-0.39, 0.29) is 42.8 Å². The Morgan fingerprint density at radius 1 is 1.00 bits per heavy atom. The van der Waals surface area contributed by atoms with E-state index in [1.807, 2.05) is 0 Å². The number of hydrogen-bond donors (Lipinski definition) is 6. The number of nitro groups is 1. The fraction of sp³-hybridized carbons (Fsp3) is 0.667. The molecule has 0 radical (unpaired) electrons. The maximum absolute atomic E-state index is 12.2. The zero-order valence-corrected chi connectivity index (χ0v) is 22.4. The molecule has 0 bridgehead atoms. The number of hydrogen-bond acceptors (Lipinski definition) is 16. The zero-order valence-electron chi connectivity index (χ0n) is 19.7. The Balaban J connectivity index is 1.52. The summed E-state index contributed by atoms with van der Waals surface area (Å²) in [6, 6.07) is 0. The number of anilines is 1. The first-order valence-corrected chi connectivity index (χ1v) is 15.4. The fourth-order valence-corrected chi connectivity index (χ4v) is 6.89. The Labute approximate surface area is 218 Å². The van der Waals surface area contributed by atoms with Gasteiger partial charge in [0.1, 0.15) is 30.2 Å². The molecule has 220 valence electrons. The quantitative estimate of drug-likeness (QED) is 0.0650. The molecule has 3 unspecified atom stereocenters.